The van der Waals surface area contributed by atoms with Crippen LogP contribution in [0.15, 0.2) is 30.5 Å². The lowest BCUT2D eigenvalue weighted by Crippen LogP contribution is -2.13. The Labute approximate surface area is 137 Å². The molecule has 2 N–H and O–H groups in total. The van der Waals surface area contributed by atoms with Crippen molar-refractivity contribution in [1.82, 2.24) is 4.98 Å². The highest BCUT2D eigenvalue weighted by molar-refractivity contribution is 6.40. The highest BCUT2D eigenvalue weighted by Crippen LogP contribution is 2.30. The van der Waals surface area contributed by atoms with Gasteiger partial charge in [0.05, 0.1) is 26.3 Å². The van der Waals surface area contributed by atoms with E-state index in [0.29, 0.717) is 38.7 Å². The van der Waals surface area contributed by atoms with Gasteiger partial charge in [0, 0.05) is 12.7 Å². The number of aromatic nitrogens is 1. The van der Waals surface area contributed by atoms with Gasteiger partial charge in [-0.1, -0.05) is 40.9 Å². The predicted molar refractivity (Wildman–Crippen MR) is 87.8 cm³/mol. The highest BCUT2D eigenvalue weighted by Gasteiger charge is 2.13. The molecule has 0 spiro atoms. The monoisotopic (exact) mass is 343 g/mol. The molecule has 1 amide bonds. The molecule has 2 rings (SSSR count). The molecule has 0 radical (unpaired) electrons. The van der Waals surface area contributed by atoms with Crippen molar-refractivity contribution in [3.05, 3.63) is 51.1 Å². The number of halogens is 3. The lowest BCUT2D eigenvalue weighted by Gasteiger charge is -2.10. The van der Waals surface area contributed by atoms with Gasteiger partial charge in [-0.25, -0.2) is 4.98 Å². The van der Waals surface area contributed by atoms with E-state index in [4.69, 9.17) is 34.8 Å². The van der Waals surface area contributed by atoms with E-state index in [1.165, 1.54) is 12.3 Å². The van der Waals surface area contributed by atoms with Gasteiger partial charge in [0.1, 0.15) is 5.82 Å². The molecule has 0 unspecified atom stereocenters. The summed E-state index contributed by atoms with van der Waals surface area (Å²) < 4.78 is 0. The van der Waals surface area contributed by atoms with Crippen molar-refractivity contribution in [3.8, 4) is 0 Å². The summed E-state index contributed by atoms with van der Waals surface area (Å²) in [5, 5.41) is 6.74. The van der Waals surface area contributed by atoms with Crippen molar-refractivity contribution in [2.75, 3.05) is 17.2 Å². The second kappa shape index (κ2) is 6.98. The van der Waals surface area contributed by atoms with Crippen LogP contribution in [0.4, 0.5) is 11.5 Å². The number of para-hydroxylation sites is 1. The first-order valence-corrected chi connectivity index (χ1v) is 7.31. The Hall–Kier alpha value is -1.49. The maximum absolute atomic E-state index is 12.2. The lowest BCUT2D eigenvalue weighted by molar-refractivity contribution is 0.102. The Morgan fingerprint density at radius 2 is 1.86 bits per heavy atom. The number of hydrogen-bond acceptors (Lipinski definition) is 3. The number of carbonyl (C=O) groups is 1. The zero-order valence-corrected chi connectivity index (χ0v) is 13.4. The van der Waals surface area contributed by atoms with Gasteiger partial charge in [-0.3, -0.25) is 4.79 Å². The first-order chi connectivity index (χ1) is 10.0. The molecule has 2 aromatic rings. The predicted octanol–water partition coefficient (Wildman–Crippen LogP) is 4.73. The molecule has 1 aromatic heterocycles. The van der Waals surface area contributed by atoms with Crippen LogP contribution in [0.25, 0.3) is 0 Å². The fourth-order valence-corrected chi connectivity index (χ4v) is 2.39. The van der Waals surface area contributed by atoms with Crippen molar-refractivity contribution in [2.45, 2.75) is 6.92 Å². The maximum Gasteiger partial charge on any atom is 0.257 e. The topological polar surface area (TPSA) is 54.0 Å². The summed E-state index contributed by atoms with van der Waals surface area (Å²) in [6.07, 6.45) is 1.43. The van der Waals surface area contributed by atoms with Crippen molar-refractivity contribution in [2.24, 2.45) is 0 Å². The Bertz CT molecular complexity index is 656. The third-order valence-corrected chi connectivity index (χ3v) is 3.57. The van der Waals surface area contributed by atoms with Crippen molar-refractivity contribution >= 4 is 52.2 Å². The van der Waals surface area contributed by atoms with Gasteiger partial charge in [0.2, 0.25) is 0 Å². The van der Waals surface area contributed by atoms with Crippen LogP contribution in [0, 0.1) is 0 Å². The largest absolute Gasteiger partial charge is 0.369 e. The van der Waals surface area contributed by atoms with Crippen molar-refractivity contribution in [1.29, 1.82) is 0 Å². The van der Waals surface area contributed by atoms with Crippen LogP contribution in [0.2, 0.25) is 15.1 Å². The summed E-state index contributed by atoms with van der Waals surface area (Å²) >= 11 is 18.1. The maximum atomic E-state index is 12.2. The molecule has 4 nitrogen and oxygen atoms in total. The van der Waals surface area contributed by atoms with Crippen LogP contribution < -0.4 is 10.6 Å². The molecule has 110 valence electrons. The fourth-order valence-electron chi connectivity index (χ4n) is 1.66. The van der Waals surface area contributed by atoms with Crippen LogP contribution in [0.5, 0.6) is 0 Å². The Morgan fingerprint density at radius 3 is 2.43 bits per heavy atom. The minimum Gasteiger partial charge on any atom is -0.369 e. The Balaban J connectivity index is 2.23. The van der Waals surface area contributed by atoms with E-state index in [-0.39, 0.29) is 5.91 Å². The average Bonchev–Trinajstić information content (AvgIpc) is 2.45. The Kier molecular flexibility index (Phi) is 5.28. The van der Waals surface area contributed by atoms with E-state index in [9.17, 15) is 4.79 Å². The van der Waals surface area contributed by atoms with Gasteiger partial charge in [-0.15, -0.1) is 0 Å². The molecule has 1 aromatic carbocycles. The van der Waals surface area contributed by atoms with Crippen molar-refractivity contribution < 1.29 is 4.79 Å². The molecule has 0 saturated carbocycles. The Morgan fingerprint density at radius 1 is 1.19 bits per heavy atom. The molecule has 7 heteroatoms. The number of amides is 1. The van der Waals surface area contributed by atoms with Gasteiger partial charge >= 0.3 is 0 Å². The third kappa shape index (κ3) is 3.79. The number of nitrogens with one attached hydrogen (secondary N) is 2. The van der Waals surface area contributed by atoms with E-state index in [0.717, 1.165) is 0 Å². The normalized spacial score (nSPS) is 10.3. The third-order valence-electron chi connectivity index (χ3n) is 2.65. The van der Waals surface area contributed by atoms with Gasteiger partial charge < -0.3 is 10.6 Å². The fraction of sp³-hybridized carbons (Fsp3) is 0.143. The van der Waals surface area contributed by atoms with Crippen LogP contribution in [0.3, 0.4) is 0 Å². The van der Waals surface area contributed by atoms with E-state index in [2.05, 4.69) is 15.6 Å². The SMILES string of the molecule is CCNc1ncc(C(=O)Nc2c(Cl)cccc2Cl)cc1Cl. The smallest absolute Gasteiger partial charge is 0.257 e. The van der Waals surface area contributed by atoms with Gasteiger partial charge in [-0.05, 0) is 25.1 Å². The quantitative estimate of drug-likeness (QED) is 0.843. The number of hydrogen-bond donors (Lipinski definition) is 2. The molecule has 0 aliphatic carbocycles. The van der Waals surface area contributed by atoms with E-state index in [1.807, 2.05) is 6.92 Å². The zero-order valence-electron chi connectivity index (χ0n) is 11.1. The molecule has 0 aliphatic heterocycles. The first-order valence-electron chi connectivity index (χ1n) is 6.17. The molecular formula is C14H12Cl3N3O. The van der Waals surface area contributed by atoms with E-state index in [1.54, 1.807) is 18.2 Å². The molecule has 0 atom stereocenters. The second-order valence-electron chi connectivity index (χ2n) is 4.14. The van der Waals surface area contributed by atoms with E-state index < -0.39 is 0 Å². The van der Waals surface area contributed by atoms with Gasteiger partial charge in [-0.2, -0.15) is 0 Å². The molecule has 0 saturated heterocycles. The van der Waals surface area contributed by atoms with Crippen LogP contribution >= 0.6 is 34.8 Å². The van der Waals surface area contributed by atoms with Crippen LogP contribution in [-0.2, 0) is 0 Å². The number of benzene rings is 1. The number of carbonyl (C=O) groups excluding carboxylic acids is 1. The second-order valence-corrected chi connectivity index (χ2v) is 5.36. The van der Waals surface area contributed by atoms with Crippen LogP contribution in [0.1, 0.15) is 17.3 Å². The van der Waals surface area contributed by atoms with Gasteiger partial charge in [0.25, 0.3) is 5.91 Å². The summed E-state index contributed by atoms with van der Waals surface area (Å²) in [7, 11) is 0. The summed E-state index contributed by atoms with van der Waals surface area (Å²) in [4.78, 5) is 16.3. The summed E-state index contributed by atoms with van der Waals surface area (Å²) in [5.41, 5.74) is 0.676. The zero-order chi connectivity index (χ0) is 15.4. The minimum atomic E-state index is -0.387. The highest BCUT2D eigenvalue weighted by atomic mass is 35.5. The molecule has 21 heavy (non-hydrogen) atoms. The number of rotatable bonds is 4. The first kappa shape index (κ1) is 15.9. The minimum absolute atomic E-state index is 0.317. The number of nitrogens with zero attached hydrogens (tertiary/aromatic N) is 1. The molecular weight excluding hydrogens is 333 g/mol. The molecule has 1 heterocycles. The number of anilines is 2. The summed E-state index contributed by atoms with van der Waals surface area (Å²) in [5.74, 6) is 0.147. The average molecular weight is 345 g/mol. The molecule has 0 aliphatic rings. The number of pyridine rings is 1. The van der Waals surface area contributed by atoms with Gasteiger partial charge in [0.15, 0.2) is 0 Å². The molecule has 0 bridgehead atoms. The van der Waals surface area contributed by atoms with E-state index >= 15 is 0 Å². The summed E-state index contributed by atoms with van der Waals surface area (Å²) in [6.45, 7) is 2.62. The van der Waals surface area contributed by atoms with Crippen molar-refractivity contribution in [3.63, 3.8) is 0 Å². The lowest BCUT2D eigenvalue weighted by atomic mass is 10.2. The standard InChI is InChI=1S/C14H12Cl3N3O/c1-2-18-13-11(17)6-8(7-19-13)14(21)20-12-9(15)4-3-5-10(12)16/h3-7H,2H2,1H3,(H,18,19)(H,20,21). The van der Waals surface area contributed by atoms with Crippen LogP contribution in [-0.4, -0.2) is 17.4 Å². The molecule has 0 fully saturated rings. The summed E-state index contributed by atoms with van der Waals surface area (Å²) in [6, 6.07) is 6.52.